The Hall–Kier alpha value is -2.37. The Morgan fingerprint density at radius 2 is 1.85 bits per heavy atom. The summed E-state index contributed by atoms with van der Waals surface area (Å²) in [5.41, 5.74) is -0.795. The molecule has 1 heterocycles. The van der Waals surface area contributed by atoms with Gasteiger partial charge in [0, 0.05) is 35.5 Å². The number of anilines is 2. The van der Waals surface area contributed by atoms with Crippen molar-refractivity contribution in [2.75, 3.05) is 11.9 Å². The lowest BCUT2D eigenvalue weighted by Gasteiger charge is -2.13. The lowest BCUT2D eigenvalue weighted by molar-refractivity contribution is 0.104. The van der Waals surface area contributed by atoms with E-state index in [2.05, 4.69) is 15.4 Å². The smallest absolute Gasteiger partial charge is 0.283 e. The van der Waals surface area contributed by atoms with Crippen LogP contribution in [0.3, 0.4) is 0 Å². The number of hydrogen-bond donors (Lipinski definition) is 2. The summed E-state index contributed by atoms with van der Waals surface area (Å²) in [6.07, 6.45) is 0. The number of halogens is 2. The van der Waals surface area contributed by atoms with Crippen LogP contribution in [0.5, 0.6) is 0 Å². The summed E-state index contributed by atoms with van der Waals surface area (Å²) in [6.45, 7) is 1.86. The van der Waals surface area contributed by atoms with E-state index in [9.17, 15) is 13.9 Å². The summed E-state index contributed by atoms with van der Waals surface area (Å²) in [5.74, 6) is 1.09. The number of hydrogen-bond acceptors (Lipinski definition) is 4. The highest BCUT2D eigenvalue weighted by atomic mass is 31.0. The van der Waals surface area contributed by atoms with E-state index in [0.717, 1.165) is 11.3 Å². The first-order valence-electron chi connectivity index (χ1n) is 8.45. The van der Waals surface area contributed by atoms with Crippen LogP contribution in [0.4, 0.5) is 20.2 Å². The fourth-order valence-corrected chi connectivity index (χ4v) is 2.93. The summed E-state index contributed by atoms with van der Waals surface area (Å²) in [7, 11) is 3.32. The second-order valence-electron chi connectivity index (χ2n) is 6.37. The number of benzene rings is 2. The molecule has 3 rings (SSSR count). The van der Waals surface area contributed by atoms with Gasteiger partial charge in [0.1, 0.15) is 5.82 Å². The lowest BCUT2D eigenvalue weighted by Crippen LogP contribution is -2.07. The molecule has 0 bridgehead atoms. The largest absolute Gasteiger partial charge is 0.396 e. The van der Waals surface area contributed by atoms with Crippen LogP contribution in [-0.2, 0) is 12.7 Å². The van der Waals surface area contributed by atoms with E-state index < -0.39 is 5.66 Å². The van der Waals surface area contributed by atoms with E-state index in [1.807, 2.05) is 31.2 Å². The third kappa shape index (κ3) is 4.31. The van der Waals surface area contributed by atoms with Gasteiger partial charge in [0.25, 0.3) is 5.66 Å². The third-order valence-corrected chi connectivity index (χ3v) is 4.56. The molecular weight excluding hydrogens is 369 g/mol. The average Bonchev–Trinajstić information content (AvgIpc) is 3.03. The Morgan fingerprint density at radius 1 is 1.19 bits per heavy atom. The third-order valence-electron chi connectivity index (χ3n) is 4.23. The van der Waals surface area contributed by atoms with Crippen LogP contribution >= 0.6 is 9.24 Å². The number of rotatable bonds is 6. The van der Waals surface area contributed by atoms with E-state index in [4.69, 9.17) is 0 Å². The van der Waals surface area contributed by atoms with Crippen molar-refractivity contribution in [1.29, 1.82) is 0 Å². The lowest BCUT2D eigenvalue weighted by atomic mass is 10.1. The second-order valence-corrected chi connectivity index (χ2v) is 7.10. The molecule has 0 amide bonds. The fraction of sp³-hybridized carbons (Fsp3) is 0.263. The van der Waals surface area contributed by atoms with Gasteiger partial charge in [-0.05, 0) is 24.3 Å². The van der Waals surface area contributed by atoms with Crippen molar-refractivity contribution in [1.82, 2.24) is 14.8 Å². The van der Waals surface area contributed by atoms with Gasteiger partial charge >= 0.3 is 0 Å². The van der Waals surface area contributed by atoms with Gasteiger partial charge < -0.3 is 10.4 Å². The Labute approximate surface area is 158 Å². The summed E-state index contributed by atoms with van der Waals surface area (Å²) in [4.78, 5) is 4.55. The standard InChI is InChI=1S/C19H21F2N4OP/c1-12(11-26)18-23-17(24-25(18)2)15-5-3-4-6-16(15)22-14-9-7-13(8-10-14)19(20,21)27/h3-10,12,22,26H,11,27H2,1-2H3. The van der Waals surface area contributed by atoms with Gasteiger partial charge in [-0.1, -0.05) is 40.4 Å². The molecule has 2 N–H and O–H groups in total. The number of aliphatic hydroxyl groups is 1. The minimum Gasteiger partial charge on any atom is -0.396 e. The summed E-state index contributed by atoms with van der Waals surface area (Å²) in [5, 5.41) is 17.1. The molecular formula is C19H21F2N4OP. The molecule has 0 aliphatic heterocycles. The first-order chi connectivity index (χ1) is 12.8. The van der Waals surface area contributed by atoms with Crippen LogP contribution < -0.4 is 5.32 Å². The molecule has 2 atom stereocenters. The van der Waals surface area contributed by atoms with Crippen LogP contribution in [0.2, 0.25) is 0 Å². The van der Waals surface area contributed by atoms with Crippen LogP contribution in [0.1, 0.15) is 24.2 Å². The van der Waals surface area contributed by atoms with Crippen LogP contribution in [0, 0.1) is 0 Å². The number of aromatic nitrogens is 3. The first-order valence-corrected chi connectivity index (χ1v) is 9.02. The Balaban J connectivity index is 1.91. The van der Waals surface area contributed by atoms with Gasteiger partial charge in [0.15, 0.2) is 5.82 Å². The van der Waals surface area contributed by atoms with Crippen LogP contribution in [0.15, 0.2) is 48.5 Å². The fourth-order valence-electron chi connectivity index (χ4n) is 2.74. The zero-order valence-electron chi connectivity index (χ0n) is 15.0. The number of para-hydroxylation sites is 1. The molecule has 0 saturated heterocycles. The van der Waals surface area contributed by atoms with Gasteiger partial charge in [-0.15, -0.1) is 0 Å². The molecule has 0 aliphatic rings. The monoisotopic (exact) mass is 390 g/mol. The maximum Gasteiger partial charge on any atom is 0.283 e. The molecule has 5 nitrogen and oxygen atoms in total. The number of aliphatic hydroxyl groups excluding tert-OH is 1. The first kappa shape index (κ1) is 19.4. The van der Waals surface area contributed by atoms with Crippen molar-refractivity contribution in [3.63, 3.8) is 0 Å². The van der Waals surface area contributed by atoms with Gasteiger partial charge in [0.05, 0.1) is 6.61 Å². The van der Waals surface area contributed by atoms with Crippen molar-refractivity contribution in [3.8, 4) is 11.4 Å². The van der Waals surface area contributed by atoms with Crippen molar-refractivity contribution in [3.05, 3.63) is 59.9 Å². The van der Waals surface area contributed by atoms with E-state index in [1.54, 1.807) is 23.9 Å². The number of nitrogens with zero attached hydrogens (tertiary/aromatic N) is 3. The molecule has 142 valence electrons. The van der Waals surface area contributed by atoms with E-state index >= 15 is 0 Å². The van der Waals surface area contributed by atoms with E-state index in [1.165, 1.54) is 21.4 Å². The molecule has 2 unspecified atom stereocenters. The predicted molar refractivity (Wildman–Crippen MR) is 105 cm³/mol. The van der Waals surface area contributed by atoms with Crippen LogP contribution in [-0.4, -0.2) is 26.5 Å². The minimum absolute atomic E-state index is 0.0153. The maximum absolute atomic E-state index is 13.3. The van der Waals surface area contributed by atoms with Gasteiger partial charge in [-0.25, -0.2) is 4.98 Å². The summed E-state index contributed by atoms with van der Waals surface area (Å²) in [6, 6.07) is 13.5. The Kier molecular flexibility index (Phi) is 5.53. The predicted octanol–water partition coefficient (Wildman–Crippen LogP) is 4.25. The van der Waals surface area contributed by atoms with Gasteiger partial charge in [-0.2, -0.15) is 13.9 Å². The SMILES string of the molecule is CC(CO)c1nc(-c2ccccc2Nc2ccc(C(F)(F)P)cc2)nn1C. The highest BCUT2D eigenvalue weighted by Crippen LogP contribution is 2.36. The zero-order chi connectivity index (χ0) is 19.6. The number of aryl methyl sites for hydroxylation is 1. The molecule has 0 spiro atoms. The molecule has 2 aromatic carbocycles. The van der Waals surface area contributed by atoms with Crippen molar-refractivity contribution >= 4 is 20.6 Å². The van der Waals surface area contributed by atoms with E-state index in [0.29, 0.717) is 17.3 Å². The Bertz CT molecular complexity index is 922. The molecule has 8 heteroatoms. The summed E-state index contributed by atoms with van der Waals surface area (Å²) < 4.78 is 28.3. The number of alkyl halides is 2. The molecule has 27 heavy (non-hydrogen) atoms. The number of nitrogens with one attached hydrogen (secondary N) is 1. The van der Waals surface area contributed by atoms with Gasteiger partial charge in [-0.3, -0.25) is 4.68 Å². The molecule has 0 saturated carbocycles. The van der Waals surface area contributed by atoms with Crippen molar-refractivity contribution in [2.24, 2.45) is 7.05 Å². The normalized spacial score (nSPS) is 12.8. The van der Waals surface area contributed by atoms with Crippen molar-refractivity contribution in [2.45, 2.75) is 18.5 Å². The molecule has 0 fully saturated rings. The topological polar surface area (TPSA) is 63.0 Å². The second kappa shape index (κ2) is 7.71. The van der Waals surface area contributed by atoms with Gasteiger partial charge in [0.2, 0.25) is 0 Å². The average molecular weight is 390 g/mol. The van der Waals surface area contributed by atoms with Crippen molar-refractivity contribution < 1.29 is 13.9 Å². The highest BCUT2D eigenvalue weighted by Gasteiger charge is 2.24. The highest BCUT2D eigenvalue weighted by molar-refractivity contribution is 7.17. The van der Waals surface area contributed by atoms with E-state index in [-0.39, 0.29) is 18.1 Å². The van der Waals surface area contributed by atoms with Crippen LogP contribution in [0.25, 0.3) is 11.4 Å². The maximum atomic E-state index is 13.3. The molecule has 3 aromatic rings. The minimum atomic E-state index is -2.95. The molecule has 1 aromatic heterocycles. The zero-order valence-corrected chi connectivity index (χ0v) is 16.2. The quantitative estimate of drug-likeness (QED) is 0.618. The summed E-state index contributed by atoms with van der Waals surface area (Å²) >= 11 is 0. The molecule has 0 radical (unpaired) electrons. The Morgan fingerprint density at radius 3 is 2.48 bits per heavy atom. The molecule has 0 aliphatic carbocycles.